The third-order valence-corrected chi connectivity index (χ3v) is 6.97. The number of hydrogen-bond acceptors (Lipinski definition) is 5. The lowest BCUT2D eigenvalue weighted by Crippen LogP contribution is -2.47. The first-order valence-electron chi connectivity index (χ1n) is 13.1. The number of fused-ring (bicyclic) bond motifs is 1. The number of piperidine rings is 1. The van der Waals surface area contributed by atoms with Crippen LogP contribution < -0.4 is 20.7 Å². The van der Waals surface area contributed by atoms with Crippen molar-refractivity contribution >= 4 is 28.2 Å². The fraction of sp³-hybridized carbons (Fsp3) is 0.414. The highest BCUT2D eigenvalue weighted by molar-refractivity contribution is 5.95. The third kappa shape index (κ3) is 6.80. The van der Waals surface area contributed by atoms with Crippen molar-refractivity contribution in [2.45, 2.75) is 38.3 Å². The molecule has 11 heteroatoms. The molecule has 40 heavy (non-hydrogen) atoms. The van der Waals surface area contributed by atoms with Crippen LogP contribution in [0.3, 0.4) is 0 Å². The summed E-state index contributed by atoms with van der Waals surface area (Å²) in [7, 11) is 3.00. The predicted molar refractivity (Wildman–Crippen MR) is 149 cm³/mol. The maximum atomic E-state index is 14.8. The van der Waals surface area contributed by atoms with Crippen molar-refractivity contribution in [1.29, 1.82) is 0 Å². The number of carbonyl (C=O) groups is 1. The van der Waals surface area contributed by atoms with Gasteiger partial charge in [0.15, 0.2) is 0 Å². The molecule has 3 aromatic rings. The van der Waals surface area contributed by atoms with Crippen LogP contribution >= 0.6 is 0 Å². The first-order valence-corrected chi connectivity index (χ1v) is 13.1. The Morgan fingerprint density at radius 2 is 1.98 bits per heavy atom. The molecule has 2 heterocycles. The number of halogens is 4. The molecule has 0 bridgehead atoms. The molecular formula is C29H33F4N5O2. The highest BCUT2D eigenvalue weighted by Crippen LogP contribution is 2.32. The van der Waals surface area contributed by atoms with E-state index in [1.54, 1.807) is 42.5 Å². The van der Waals surface area contributed by atoms with E-state index < -0.39 is 24.9 Å². The third-order valence-electron chi connectivity index (χ3n) is 6.97. The number of rotatable bonds is 8. The van der Waals surface area contributed by atoms with E-state index in [0.717, 1.165) is 17.7 Å². The van der Waals surface area contributed by atoms with E-state index >= 15 is 0 Å². The number of amides is 1. The summed E-state index contributed by atoms with van der Waals surface area (Å²) in [5.74, 6) is 5.92. The SMILES string of the molecule is CCN1CC[C@H](Nc2cccc3c2cc(C#CCNc2ccc(C(=O)NC)cc2OC)n3CC(F)(F)F)[C@H](F)C1. The largest absolute Gasteiger partial charge is 0.495 e. The molecule has 3 N–H and O–H groups in total. The van der Waals surface area contributed by atoms with Gasteiger partial charge in [0.1, 0.15) is 18.5 Å². The van der Waals surface area contributed by atoms with Crippen molar-refractivity contribution in [3.63, 3.8) is 0 Å². The van der Waals surface area contributed by atoms with E-state index in [4.69, 9.17) is 4.74 Å². The Kier molecular flexibility index (Phi) is 9.10. The number of likely N-dealkylation sites (tertiary alicyclic amines) is 1. The molecule has 4 rings (SSSR count). The molecule has 7 nitrogen and oxygen atoms in total. The lowest BCUT2D eigenvalue weighted by Gasteiger charge is -2.35. The number of aromatic nitrogens is 1. The number of alkyl halides is 4. The second-order valence-corrected chi connectivity index (χ2v) is 9.57. The summed E-state index contributed by atoms with van der Waals surface area (Å²) < 4.78 is 61.9. The fourth-order valence-corrected chi connectivity index (χ4v) is 4.88. The summed E-state index contributed by atoms with van der Waals surface area (Å²) >= 11 is 0. The van der Waals surface area contributed by atoms with Crippen LogP contribution in [0.1, 0.15) is 29.4 Å². The average Bonchev–Trinajstić information content (AvgIpc) is 3.28. The van der Waals surface area contributed by atoms with Gasteiger partial charge < -0.3 is 30.2 Å². The van der Waals surface area contributed by atoms with E-state index in [0.29, 0.717) is 46.6 Å². The Labute approximate surface area is 230 Å². The van der Waals surface area contributed by atoms with Crippen LogP contribution in [0.2, 0.25) is 0 Å². The molecule has 1 saturated heterocycles. The van der Waals surface area contributed by atoms with Crippen molar-refractivity contribution in [3.8, 4) is 17.6 Å². The van der Waals surface area contributed by atoms with Gasteiger partial charge in [0.25, 0.3) is 5.91 Å². The molecule has 1 aromatic heterocycles. The van der Waals surface area contributed by atoms with Gasteiger partial charge >= 0.3 is 6.18 Å². The molecule has 214 valence electrons. The normalized spacial score (nSPS) is 17.7. The molecule has 0 radical (unpaired) electrons. The minimum atomic E-state index is -4.46. The van der Waals surface area contributed by atoms with Gasteiger partial charge in [-0.15, -0.1) is 0 Å². The molecule has 1 aliphatic rings. The van der Waals surface area contributed by atoms with Gasteiger partial charge in [0.2, 0.25) is 0 Å². The second-order valence-electron chi connectivity index (χ2n) is 9.57. The van der Waals surface area contributed by atoms with Crippen LogP contribution in [0.5, 0.6) is 5.75 Å². The molecular weight excluding hydrogens is 526 g/mol. The Balaban J connectivity index is 1.58. The maximum Gasteiger partial charge on any atom is 0.406 e. The number of ether oxygens (including phenoxy) is 1. The summed E-state index contributed by atoms with van der Waals surface area (Å²) in [5, 5.41) is 9.42. The molecule has 2 aromatic carbocycles. The van der Waals surface area contributed by atoms with Gasteiger partial charge in [-0.05, 0) is 55.3 Å². The van der Waals surface area contributed by atoms with Gasteiger partial charge in [-0.3, -0.25) is 4.79 Å². The Bertz CT molecular complexity index is 1410. The second kappa shape index (κ2) is 12.5. The number of carbonyl (C=O) groups excluding carboxylic acids is 1. The summed E-state index contributed by atoms with van der Waals surface area (Å²) in [4.78, 5) is 13.9. The highest BCUT2D eigenvalue weighted by Gasteiger charge is 2.31. The first kappa shape index (κ1) is 29.1. The number of hydrogen-bond donors (Lipinski definition) is 3. The molecule has 0 saturated carbocycles. The minimum Gasteiger partial charge on any atom is -0.495 e. The molecule has 1 fully saturated rings. The predicted octanol–water partition coefficient (Wildman–Crippen LogP) is 4.88. The van der Waals surface area contributed by atoms with Gasteiger partial charge in [-0.25, -0.2) is 4.39 Å². The minimum absolute atomic E-state index is 0.119. The Morgan fingerprint density at radius 1 is 1.18 bits per heavy atom. The lowest BCUT2D eigenvalue weighted by molar-refractivity contribution is -0.140. The van der Waals surface area contributed by atoms with E-state index in [1.165, 1.54) is 14.2 Å². The standard InChI is InChI=1S/C29H33F4N5O2/c1-4-37-14-12-24(22(30)17-37)36-23-8-5-9-26-21(23)16-20(38(26)18-29(31,32)33)7-6-13-35-25-11-10-19(28(39)34-2)15-27(25)40-3/h5,8-11,15-16,22,24,35-36H,4,12-14,17-18H2,1-3H3,(H,34,39)/t22-,24+/m1/s1. The summed E-state index contributed by atoms with van der Waals surface area (Å²) in [6.45, 7) is 2.75. The first-order chi connectivity index (χ1) is 19.1. The van der Waals surface area contributed by atoms with Crippen LogP contribution in [0.4, 0.5) is 28.9 Å². The van der Waals surface area contributed by atoms with Crippen molar-refractivity contribution < 1.29 is 27.1 Å². The maximum absolute atomic E-state index is 14.8. The van der Waals surface area contributed by atoms with Crippen LogP contribution in [0.25, 0.3) is 10.9 Å². The summed E-state index contributed by atoms with van der Waals surface area (Å²) in [5.41, 5.74) is 2.15. The van der Waals surface area contributed by atoms with Gasteiger partial charge in [-0.2, -0.15) is 13.2 Å². The zero-order valence-corrected chi connectivity index (χ0v) is 22.7. The molecule has 0 aliphatic carbocycles. The average molecular weight is 560 g/mol. The van der Waals surface area contributed by atoms with Gasteiger partial charge in [0, 0.05) is 36.8 Å². The van der Waals surface area contributed by atoms with Crippen LogP contribution in [-0.4, -0.2) is 74.1 Å². The molecule has 0 unspecified atom stereocenters. The van der Waals surface area contributed by atoms with Crippen molar-refractivity contribution in [2.24, 2.45) is 0 Å². The van der Waals surface area contributed by atoms with Gasteiger partial charge in [-0.1, -0.05) is 18.9 Å². The number of nitrogens with zero attached hydrogens (tertiary/aromatic N) is 2. The van der Waals surface area contributed by atoms with Crippen molar-refractivity contribution in [2.75, 3.05) is 51.0 Å². The van der Waals surface area contributed by atoms with Crippen LogP contribution in [-0.2, 0) is 6.54 Å². The number of methoxy groups -OCH3 is 1. The highest BCUT2D eigenvalue weighted by atomic mass is 19.4. The smallest absolute Gasteiger partial charge is 0.406 e. The number of nitrogens with one attached hydrogen (secondary N) is 3. The van der Waals surface area contributed by atoms with Gasteiger partial charge in [0.05, 0.1) is 36.6 Å². The van der Waals surface area contributed by atoms with Crippen molar-refractivity contribution in [1.82, 2.24) is 14.8 Å². The molecule has 2 atom stereocenters. The van der Waals surface area contributed by atoms with E-state index in [-0.39, 0.29) is 18.1 Å². The van der Waals surface area contributed by atoms with E-state index in [2.05, 4.69) is 27.8 Å². The van der Waals surface area contributed by atoms with Crippen LogP contribution in [0.15, 0.2) is 42.5 Å². The van der Waals surface area contributed by atoms with E-state index in [1.807, 2.05) is 11.8 Å². The molecule has 1 aliphatic heterocycles. The summed E-state index contributed by atoms with van der Waals surface area (Å²) in [6, 6.07) is 11.1. The Morgan fingerprint density at radius 3 is 2.65 bits per heavy atom. The summed E-state index contributed by atoms with van der Waals surface area (Å²) in [6.07, 6.45) is -4.95. The molecule has 1 amide bonds. The van der Waals surface area contributed by atoms with Crippen LogP contribution in [0, 0.1) is 11.8 Å². The van der Waals surface area contributed by atoms with Crippen molar-refractivity contribution in [3.05, 3.63) is 53.7 Å². The quantitative estimate of drug-likeness (QED) is 0.271. The lowest BCUT2D eigenvalue weighted by atomic mass is 10.0. The monoisotopic (exact) mass is 559 g/mol. The zero-order valence-electron chi connectivity index (χ0n) is 22.7. The Hall–Kier alpha value is -3.91. The fourth-order valence-electron chi connectivity index (χ4n) is 4.88. The topological polar surface area (TPSA) is 70.6 Å². The number of benzene rings is 2. The van der Waals surface area contributed by atoms with E-state index in [9.17, 15) is 22.4 Å². The zero-order chi connectivity index (χ0) is 28.9. The molecule has 0 spiro atoms. The number of anilines is 2.